The highest BCUT2D eigenvalue weighted by Crippen LogP contribution is 2.40. The minimum Gasteiger partial charge on any atom is -0.504 e. The summed E-state index contributed by atoms with van der Waals surface area (Å²) in [6, 6.07) is 7.15. The van der Waals surface area contributed by atoms with Crippen LogP contribution >= 0.6 is 0 Å². The van der Waals surface area contributed by atoms with Crippen LogP contribution in [-0.4, -0.2) is 68.4 Å². The number of aromatic nitrogens is 2. The van der Waals surface area contributed by atoms with E-state index in [1.807, 2.05) is 0 Å². The number of benzene rings is 1. The van der Waals surface area contributed by atoms with Gasteiger partial charge in [0.2, 0.25) is 5.75 Å². The van der Waals surface area contributed by atoms with E-state index in [1.54, 1.807) is 0 Å². The molecule has 9 nitrogen and oxygen atoms in total. The Kier molecular flexibility index (Phi) is 5.16. The van der Waals surface area contributed by atoms with Gasteiger partial charge in [-0.3, -0.25) is 9.69 Å². The quantitative estimate of drug-likeness (QED) is 0.497. The second-order valence-electron chi connectivity index (χ2n) is 10.3. The third-order valence-corrected chi connectivity index (χ3v) is 8.23. The van der Waals surface area contributed by atoms with Gasteiger partial charge in [0, 0.05) is 60.4 Å². The molecule has 184 valence electrons. The molecule has 35 heavy (non-hydrogen) atoms. The average Bonchev–Trinajstić information content (AvgIpc) is 3.42. The number of pyridine rings is 1. The zero-order valence-electron chi connectivity index (χ0n) is 20.0. The Labute approximate surface area is 202 Å². The number of aryl methyl sites for hydroxylation is 2. The number of rotatable bonds is 3. The van der Waals surface area contributed by atoms with Crippen molar-refractivity contribution < 1.29 is 19.7 Å². The molecule has 2 saturated heterocycles. The van der Waals surface area contributed by atoms with E-state index in [4.69, 9.17) is 5.11 Å². The fourth-order valence-electron chi connectivity index (χ4n) is 6.41. The van der Waals surface area contributed by atoms with Gasteiger partial charge in [0.1, 0.15) is 0 Å². The molecule has 0 amide bonds. The highest BCUT2D eigenvalue weighted by atomic mass is 16.7. The summed E-state index contributed by atoms with van der Waals surface area (Å²) in [5.74, 6) is -0.192. The number of likely N-dealkylation sites (N-methyl/N-ethyl adjacent to an activating group) is 1. The minimum atomic E-state index is -1.63. The number of nitrogens with zero attached hydrogens (tertiary/aromatic N) is 3. The number of H-pyrrole nitrogens is 1. The molecule has 3 aliphatic rings. The molecule has 6 rings (SSSR count). The summed E-state index contributed by atoms with van der Waals surface area (Å²) in [5.41, 5.74) is 4.68. The van der Waals surface area contributed by atoms with Crippen LogP contribution in [0.15, 0.2) is 23.0 Å². The SMILES string of the molecule is CN1CCC2CN(Cc3cc4cc5c(cc4n3C)CCCc3c-5[nH]c(=O)c(OC(=O)O)c3O)CC21. The van der Waals surface area contributed by atoms with E-state index in [0.29, 0.717) is 23.7 Å². The van der Waals surface area contributed by atoms with Crippen molar-refractivity contribution in [2.24, 2.45) is 13.0 Å². The highest BCUT2D eigenvalue weighted by molar-refractivity contribution is 5.89. The Bertz CT molecular complexity index is 1410. The van der Waals surface area contributed by atoms with Gasteiger partial charge in [0.05, 0.1) is 5.69 Å². The molecule has 1 aliphatic carbocycles. The first-order chi connectivity index (χ1) is 16.8. The molecule has 3 N–H and O–H groups in total. The molecule has 0 bridgehead atoms. The maximum Gasteiger partial charge on any atom is 0.511 e. The molecule has 3 aromatic rings. The number of hydrogen-bond donors (Lipinski definition) is 3. The second-order valence-corrected chi connectivity index (χ2v) is 10.3. The van der Waals surface area contributed by atoms with E-state index in [0.717, 1.165) is 60.4 Å². The maximum atomic E-state index is 12.6. The van der Waals surface area contributed by atoms with Crippen LogP contribution in [0, 0.1) is 5.92 Å². The normalized spacial score (nSPS) is 22.1. The number of fused-ring (bicyclic) bond motifs is 5. The summed E-state index contributed by atoms with van der Waals surface area (Å²) in [6.07, 6.45) is 1.71. The number of ether oxygens (including phenoxy) is 1. The van der Waals surface area contributed by atoms with Crippen molar-refractivity contribution in [3.05, 3.63) is 45.4 Å². The van der Waals surface area contributed by atoms with Crippen LogP contribution in [0.1, 0.15) is 29.7 Å². The molecular weight excluding hydrogens is 448 g/mol. The fraction of sp³-hybridized carbons (Fsp3) is 0.462. The smallest absolute Gasteiger partial charge is 0.504 e. The van der Waals surface area contributed by atoms with Crippen LogP contribution in [0.4, 0.5) is 4.79 Å². The molecule has 9 heteroatoms. The number of carboxylic acid groups (broad SMARTS) is 1. The summed E-state index contributed by atoms with van der Waals surface area (Å²) in [4.78, 5) is 31.4. The van der Waals surface area contributed by atoms with E-state index in [-0.39, 0.29) is 0 Å². The van der Waals surface area contributed by atoms with Gasteiger partial charge in [-0.2, -0.15) is 0 Å². The van der Waals surface area contributed by atoms with Crippen molar-refractivity contribution in [3.63, 3.8) is 0 Å². The largest absolute Gasteiger partial charge is 0.511 e. The van der Waals surface area contributed by atoms with Crippen molar-refractivity contribution in [3.8, 4) is 22.8 Å². The van der Waals surface area contributed by atoms with Crippen molar-refractivity contribution in [2.45, 2.75) is 38.3 Å². The van der Waals surface area contributed by atoms with Gasteiger partial charge >= 0.3 is 6.16 Å². The fourth-order valence-corrected chi connectivity index (χ4v) is 6.41. The Morgan fingerprint density at radius 2 is 2.03 bits per heavy atom. The zero-order valence-corrected chi connectivity index (χ0v) is 20.0. The van der Waals surface area contributed by atoms with Gasteiger partial charge in [-0.05, 0) is 69.0 Å². The molecular formula is C26H30N4O5. The monoisotopic (exact) mass is 478 g/mol. The summed E-state index contributed by atoms with van der Waals surface area (Å²) < 4.78 is 6.84. The van der Waals surface area contributed by atoms with Crippen LogP contribution in [0.5, 0.6) is 11.5 Å². The van der Waals surface area contributed by atoms with Crippen LogP contribution in [0.3, 0.4) is 0 Å². The molecule has 2 unspecified atom stereocenters. The molecule has 2 aromatic heterocycles. The molecule has 0 spiro atoms. The minimum absolute atomic E-state index is 0.391. The Balaban J connectivity index is 1.38. The van der Waals surface area contributed by atoms with E-state index in [1.165, 1.54) is 18.7 Å². The third kappa shape index (κ3) is 3.61. The van der Waals surface area contributed by atoms with E-state index >= 15 is 0 Å². The van der Waals surface area contributed by atoms with Crippen LogP contribution in [-0.2, 0) is 26.4 Å². The molecule has 0 saturated carbocycles. The number of likely N-dealkylation sites (tertiary alicyclic amines) is 2. The van der Waals surface area contributed by atoms with Crippen molar-refractivity contribution in [1.29, 1.82) is 0 Å². The lowest BCUT2D eigenvalue weighted by Crippen LogP contribution is -2.32. The maximum absolute atomic E-state index is 12.6. The summed E-state index contributed by atoms with van der Waals surface area (Å²) in [5, 5.41) is 20.7. The van der Waals surface area contributed by atoms with Crippen LogP contribution < -0.4 is 10.3 Å². The van der Waals surface area contributed by atoms with Gasteiger partial charge in [-0.15, -0.1) is 0 Å². The third-order valence-electron chi connectivity index (χ3n) is 8.23. The summed E-state index contributed by atoms with van der Waals surface area (Å²) in [6.45, 7) is 4.35. The van der Waals surface area contributed by atoms with E-state index in [2.05, 4.69) is 56.4 Å². The van der Waals surface area contributed by atoms with Gasteiger partial charge < -0.3 is 29.4 Å². The van der Waals surface area contributed by atoms with Gasteiger partial charge in [0.15, 0.2) is 5.75 Å². The lowest BCUT2D eigenvalue weighted by atomic mass is 9.99. The number of aromatic hydroxyl groups is 1. The Hall–Kier alpha value is -3.30. The molecule has 2 fully saturated rings. The first-order valence-corrected chi connectivity index (χ1v) is 12.2. The molecule has 1 aromatic carbocycles. The molecule has 0 radical (unpaired) electrons. The number of aromatic amines is 1. The lowest BCUT2D eigenvalue weighted by Gasteiger charge is -2.20. The average molecular weight is 479 g/mol. The standard InChI is InChI=1S/C26H30N4O5/c1-28-7-6-15-11-30(13-21(15)28)12-17-8-16-9-19-14(10-20(16)29(17)2)4-3-5-18-22(19)27-25(32)24(23(18)31)35-26(33)34/h8-10,15,21H,3-7,11-13H2,1-2H3,(H,33,34)(H2,27,31,32). The molecule has 2 atom stereocenters. The van der Waals surface area contributed by atoms with Gasteiger partial charge in [0.25, 0.3) is 5.56 Å². The summed E-state index contributed by atoms with van der Waals surface area (Å²) in [7, 11) is 4.34. The van der Waals surface area contributed by atoms with Crippen LogP contribution in [0.2, 0.25) is 0 Å². The van der Waals surface area contributed by atoms with E-state index < -0.39 is 23.2 Å². The highest BCUT2D eigenvalue weighted by Gasteiger charge is 2.39. The Morgan fingerprint density at radius 3 is 2.80 bits per heavy atom. The van der Waals surface area contributed by atoms with Crippen LogP contribution in [0.25, 0.3) is 22.2 Å². The number of carbonyl (C=O) groups is 1. The second kappa shape index (κ2) is 8.13. The van der Waals surface area contributed by atoms with Gasteiger partial charge in [-0.25, -0.2) is 4.79 Å². The van der Waals surface area contributed by atoms with Crippen molar-refractivity contribution in [1.82, 2.24) is 19.4 Å². The van der Waals surface area contributed by atoms with E-state index in [9.17, 15) is 14.7 Å². The predicted octanol–water partition coefficient (Wildman–Crippen LogP) is 2.92. The number of hydrogen-bond acceptors (Lipinski definition) is 6. The number of nitrogens with one attached hydrogen (secondary N) is 1. The topological polar surface area (TPSA) is 111 Å². The van der Waals surface area contributed by atoms with Crippen molar-refractivity contribution >= 4 is 17.1 Å². The summed E-state index contributed by atoms with van der Waals surface area (Å²) >= 11 is 0. The zero-order chi connectivity index (χ0) is 24.4. The lowest BCUT2D eigenvalue weighted by molar-refractivity contribution is 0.142. The molecule has 4 heterocycles. The van der Waals surface area contributed by atoms with Crippen molar-refractivity contribution in [2.75, 3.05) is 26.7 Å². The molecule has 2 aliphatic heterocycles. The first-order valence-electron chi connectivity index (χ1n) is 12.2. The predicted molar refractivity (Wildman–Crippen MR) is 131 cm³/mol. The Morgan fingerprint density at radius 1 is 1.20 bits per heavy atom. The first kappa shape index (κ1) is 22.2. The van der Waals surface area contributed by atoms with Gasteiger partial charge in [-0.1, -0.05) is 0 Å².